The smallest absolute Gasteiger partial charge is 0.0108 e. The average Bonchev–Trinajstić information content (AvgIpc) is 2.68. The van der Waals surface area contributed by atoms with Crippen LogP contribution in [0.5, 0.6) is 0 Å². The summed E-state index contributed by atoms with van der Waals surface area (Å²) < 4.78 is 0. The van der Waals surface area contributed by atoms with Crippen LogP contribution in [0.1, 0.15) is 29.9 Å². The lowest BCUT2D eigenvalue weighted by molar-refractivity contribution is 0.602. The number of benzene rings is 1. The molecule has 2 saturated heterocycles. The van der Waals surface area contributed by atoms with E-state index in [4.69, 9.17) is 0 Å². The highest BCUT2D eigenvalue weighted by molar-refractivity contribution is 8.00. The van der Waals surface area contributed by atoms with E-state index in [-0.39, 0.29) is 0 Å². The molecule has 2 aliphatic heterocycles. The molecule has 0 spiro atoms. The molecule has 1 aromatic carbocycles. The van der Waals surface area contributed by atoms with Gasteiger partial charge in [-0.1, -0.05) is 24.3 Å². The third-order valence-corrected chi connectivity index (χ3v) is 4.98. The molecule has 1 unspecified atom stereocenters. The predicted octanol–water partition coefficient (Wildman–Crippen LogP) is 2.81. The van der Waals surface area contributed by atoms with Crippen molar-refractivity contribution in [2.24, 2.45) is 0 Å². The van der Waals surface area contributed by atoms with Gasteiger partial charge in [0.05, 0.1) is 0 Å². The van der Waals surface area contributed by atoms with Gasteiger partial charge in [-0.3, -0.25) is 0 Å². The van der Waals surface area contributed by atoms with E-state index in [0.29, 0.717) is 0 Å². The molecule has 1 aromatic rings. The molecule has 1 N–H and O–H groups in total. The van der Waals surface area contributed by atoms with Gasteiger partial charge in [-0.15, -0.1) is 0 Å². The van der Waals surface area contributed by atoms with Crippen molar-refractivity contribution < 1.29 is 0 Å². The SMILES string of the molecule is c1cc(CC2CCCN2)cc(C2CSC2)c1. The van der Waals surface area contributed by atoms with Crippen LogP contribution in [0.4, 0.5) is 0 Å². The summed E-state index contributed by atoms with van der Waals surface area (Å²) in [7, 11) is 0. The molecule has 1 atom stereocenters. The lowest BCUT2D eigenvalue weighted by Crippen LogP contribution is -2.23. The number of nitrogens with one attached hydrogen (secondary N) is 1. The fourth-order valence-corrected chi connectivity index (χ4v) is 3.47. The van der Waals surface area contributed by atoms with Crippen LogP contribution in [0, 0.1) is 0 Å². The minimum atomic E-state index is 0.728. The van der Waals surface area contributed by atoms with Crippen molar-refractivity contribution in [3.63, 3.8) is 0 Å². The molecule has 3 rings (SSSR count). The monoisotopic (exact) mass is 233 g/mol. The zero-order valence-corrected chi connectivity index (χ0v) is 10.4. The topological polar surface area (TPSA) is 12.0 Å². The molecular weight excluding hydrogens is 214 g/mol. The third kappa shape index (κ3) is 2.28. The van der Waals surface area contributed by atoms with E-state index in [0.717, 1.165) is 12.0 Å². The third-order valence-electron chi connectivity index (χ3n) is 3.70. The van der Waals surface area contributed by atoms with Crippen LogP contribution < -0.4 is 5.32 Å². The fraction of sp³-hybridized carbons (Fsp3) is 0.571. The largest absolute Gasteiger partial charge is 0.314 e. The highest BCUT2D eigenvalue weighted by Crippen LogP contribution is 2.34. The summed E-state index contributed by atoms with van der Waals surface area (Å²) in [6.45, 7) is 1.21. The van der Waals surface area contributed by atoms with E-state index in [1.165, 1.54) is 42.9 Å². The van der Waals surface area contributed by atoms with E-state index in [9.17, 15) is 0 Å². The van der Waals surface area contributed by atoms with Gasteiger partial charge >= 0.3 is 0 Å². The van der Waals surface area contributed by atoms with Gasteiger partial charge in [-0.25, -0.2) is 0 Å². The highest BCUT2D eigenvalue weighted by atomic mass is 32.2. The van der Waals surface area contributed by atoms with Gasteiger partial charge < -0.3 is 5.32 Å². The van der Waals surface area contributed by atoms with Gasteiger partial charge in [0, 0.05) is 23.5 Å². The molecule has 2 aliphatic rings. The predicted molar refractivity (Wildman–Crippen MR) is 71.2 cm³/mol. The first-order valence-electron chi connectivity index (χ1n) is 6.32. The van der Waals surface area contributed by atoms with E-state index in [2.05, 4.69) is 41.3 Å². The lowest BCUT2D eigenvalue weighted by Gasteiger charge is -2.25. The quantitative estimate of drug-likeness (QED) is 0.861. The van der Waals surface area contributed by atoms with Gasteiger partial charge in [-0.05, 0) is 36.9 Å². The summed E-state index contributed by atoms with van der Waals surface area (Å²) in [5, 5.41) is 3.58. The van der Waals surface area contributed by atoms with E-state index in [1.54, 1.807) is 5.56 Å². The number of rotatable bonds is 3. The Hall–Kier alpha value is -0.470. The summed E-state index contributed by atoms with van der Waals surface area (Å²) in [6, 6.07) is 9.99. The molecule has 0 amide bonds. The number of hydrogen-bond donors (Lipinski definition) is 1. The lowest BCUT2D eigenvalue weighted by atomic mass is 9.97. The number of hydrogen-bond acceptors (Lipinski definition) is 2. The van der Waals surface area contributed by atoms with Crippen molar-refractivity contribution in [2.45, 2.75) is 31.2 Å². The summed E-state index contributed by atoms with van der Waals surface area (Å²) in [5.74, 6) is 3.48. The van der Waals surface area contributed by atoms with Crippen molar-refractivity contribution in [1.29, 1.82) is 0 Å². The van der Waals surface area contributed by atoms with Gasteiger partial charge in [0.15, 0.2) is 0 Å². The standard InChI is InChI=1S/C14H19NS/c1-3-11(8-14-5-2-6-15-14)7-12(4-1)13-9-16-10-13/h1,3-4,7,13-15H,2,5-6,8-10H2. The van der Waals surface area contributed by atoms with E-state index >= 15 is 0 Å². The van der Waals surface area contributed by atoms with Crippen molar-refractivity contribution in [2.75, 3.05) is 18.1 Å². The average molecular weight is 233 g/mol. The minimum absolute atomic E-state index is 0.728. The maximum Gasteiger partial charge on any atom is 0.0108 e. The molecule has 16 heavy (non-hydrogen) atoms. The molecule has 2 heteroatoms. The second-order valence-electron chi connectivity index (χ2n) is 4.98. The van der Waals surface area contributed by atoms with Crippen LogP contribution in [0.3, 0.4) is 0 Å². The molecule has 0 radical (unpaired) electrons. The molecule has 0 aromatic heterocycles. The Morgan fingerprint density at radius 3 is 2.94 bits per heavy atom. The second-order valence-corrected chi connectivity index (χ2v) is 6.05. The van der Waals surface area contributed by atoms with Gasteiger partial charge in [0.2, 0.25) is 0 Å². The zero-order chi connectivity index (χ0) is 10.8. The normalized spacial score (nSPS) is 25.6. The molecule has 1 nitrogen and oxygen atoms in total. The van der Waals surface area contributed by atoms with Crippen LogP contribution in [0.15, 0.2) is 24.3 Å². The zero-order valence-electron chi connectivity index (χ0n) is 9.61. The Morgan fingerprint density at radius 2 is 2.25 bits per heavy atom. The first-order chi connectivity index (χ1) is 7.92. The fourth-order valence-electron chi connectivity index (χ4n) is 2.62. The van der Waals surface area contributed by atoms with Gasteiger partial charge in [0.1, 0.15) is 0 Å². The Balaban J connectivity index is 1.68. The molecular formula is C14H19NS. The van der Waals surface area contributed by atoms with Crippen molar-refractivity contribution in [3.05, 3.63) is 35.4 Å². The van der Waals surface area contributed by atoms with Crippen molar-refractivity contribution in [3.8, 4) is 0 Å². The highest BCUT2D eigenvalue weighted by Gasteiger charge is 2.20. The van der Waals surface area contributed by atoms with Crippen LogP contribution in [0.25, 0.3) is 0 Å². The summed E-state index contributed by atoms with van der Waals surface area (Å²) in [5.41, 5.74) is 3.09. The van der Waals surface area contributed by atoms with Crippen LogP contribution in [0.2, 0.25) is 0 Å². The molecule has 0 aliphatic carbocycles. The molecule has 86 valence electrons. The molecule has 0 saturated carbocycles. The molecule has 2 heterocycles. The maximum absolute atomic E-state index is 3.58. The summed E-state index contributed by atoms with van der Waals surface area (Å²) in [6.07, 6.45) is 3.92. The molecule has 2 fully saturated rings. The van der Waals surface area contributed by atoms with E-state index in [1.807, 2.05) is 0 Å². The maximum atomic E-state index is 3.58. The van der Waals surface area contributed by atoms with E-state index < -0.39 is 0 Å². The molecule has 0 bridgehead atoms. The van der Waals surface area contributed by atoms with Gasteiger partial charge in [-0.2, -0.15) is 11.8 Å². The Morgan fingerprint density at radius 1 is 1.31 bits per heavy atom. The Labute approximate surface area is 102 Å². The van der Waals surface area contributed by atoms with Crippen LogP contribution >= 0.6 is 11.8 Å². The Bertz CT molecular complexity index is 354. The van der Waals surface area contributed by atoms with Crippen LogP contribution in [-0.4, -0.2) is 24.1 Å². The van der Waals surface area contributed by atoms with Gasteiger partial charge in [0.25, 0.3) is 0 Å². The van der Waals surface area contributed by atoms with Crippen LogP contribution in [-0.2, 0) is 6.42 Å². The minimum Gasteiger partial charge on any atom is -0.314 e. The van der Waals surface area contributed by atoms with Crippen molar-refractivity contribution in [1.82, 2.24) is 5.32 Å². The first kappa shape index (κ1) is 10.7. The summed E-state index contributed by atoms with van der Waals surface area (Å²) in [4.78, 5) is 0. The summed E-state index contributed by atoms with van der Waals surface area (Å²) >= 11 is 2.07. The second kappa shape index (κ2) is 4.80. The first-order valence-corrected chi connectivity index (χ1v) is 7.47. The van der Waals surface area contributed by atoms with Crippen molar-refractivity contribution >= 4 is 11.8 Å². The Kier molecular flexibility index (Phi) is 3.20. The number of thioether (sulfide) groups is 1.